The summed E-state index contributed by atoms with van der Waals surface area (Å²) in [5.74, 6) is 0.0435. The smallest absolute Gasteiger partial charge is 0.336 e. The number of para-hydroxylation sites is 1. The van der Waals surface area contributed by atoms with Crippen LogP contribution < -0.4 is 10.3 Å². The molecule has 5 rings (SSSR count). The molecule has 0 fully saturated rings. The van der Waals surface area contributed by atoms with Gasteiger partial charge in [0.25, 0.3) is 5.56 Å². The Labute approximate surface area is 245 Å². The summed E-state index contributed by atoms with van der Waals surface area (Å²) in [6, 6.07) is 27.0. The second kappa shape index (κ2) is 11.9. The predicted octanol–water partition coefficient (Wildman–Crippen LogP) is 7.74. The Balaban J connectivity index is 1.54. The van der Waals surface area contributed by atoms with Gasteiger partial charge in [0, 0.05) is 26.7 Å². The molecule has 0 aliphatic heterocycles. The summed E-state index contributed by atoms with van der Waals surface area (Å²) in [6.07, 6.45) is 4.42. The standard InChI is InChI=1S/C30H18Br2ClN3O3/c31-22-16-21(28(25(32)17-22)39-27(37)15-12-19-10-13-23(33)14-11-19)18-34-36-29(20-6-2-1-3-7-20)35-26-9-5-4-8-24(26)30(36)38/h1-18H/b15-12+,34-18?. The van der Waals surface area contributed by atoms with Crippen molar-refractivity contribution in [3.05, 3.63) is 133 Å². The normalized spacial score (nSPS) is 11.5. The van der Waals surface area contributed by atoms with E-state index in [-0.39, 0.29) is 11.3 Å². The Bertz CT molecular complexity index is 1800. The summed E-state index contributed by atoms with van der Waals surface area (Å²) in [5, 5.41) is 5.55. The maximum absolute atomic E-state index is 13.5. The zero-order chi connectivity index (χ0) is 27.4. The first-order valence-electron chi connectivity index (χ1n) is 11.6. The molecule has 0 saturated heterocycles. The number of hydrogen-bond acceptors (Lipinski definition) is 5. The largest absolute Gasteiger partial charge is 0.421 e. The van der Waals surface area contributed by atoms with E-state index in [1.807, 2.05) is 36.4 Å². The molecule has 0 N–H and O–H groups in total. The lowest BCUT2D eigenvalue weighted by Gasteiger charge is -2.11. The zero-order valence-electron chi connectivity index (χ0n) is 20.1. The van der Waals surface area contributed by atoms with Crippen molar-refractivity contribution >= 4 is 72.6 Å². The molecule has 5 aromatic rings. The van der Waals surface area contributed by atoms with E-state index in [1.54, 1.807) is 60.7 Å². The Morgan fingerprint density at radius 3 is 2.44 bits per heavy atom. The van der Waals surface area contributed by atoms with E-state index in [4.69, 9.17) is 21.3 Å². The Morgan fingerprint density at radius 1 is 0.949 bits per heavy atom. The number of halogens is 3. The van der Waals surface area contributed by atoms with Gasteiger partial charge >= 0.3 is 5.97 Å². The number of rotatable bonds is 6. The molecular formula is C30H18Br2ClN3O3. The van der Waals surface area contributed by atoms with Crippen LogP contribution in [-0.2, 0) is 4.79 Å². The third kappa shape index (κ3) is 6.25. The minimum Gasteiger partial charge on any atom is -0.421 e. The van der Waals surface area contributed by atoms with Crippen LogP contribution >= 0.6 is 43.5 Å². The van der Waals surface area contributed by atoms with E-state index in [9.17, 15) is 9.59 Å². The summed E-state index contributed by atoms with van der Waals surface area (Å²) >= 11 is 12.9. The van der Waals surface area contributed by atoms with Gasteiger partial charge in [0.2, 0.25) is 0 Å². The molecule has 9 heteroatoms. The van der Waals surface area contributed by atoms with E-state index < -0.39 is 5.97 Å². The minimum absolute atomic E-state index is 0.246. The molecule has 0 aliphatic carbocycles. The number of fused-ring (bicyclic) bond motifs is 1. The quantitative estimate of drug-likeness (QED) is 0.0807. The zero-order valence-corrected chi connectivity index (χ0v) is 24.0. The highest BCUT2D eigenvalue weighted by atomic mass is 79.9. The first-order chi connectivity index (χ1) is 18.9. The monoisotopic (exact) mass is 661 g/mol. The van der Waals surface area contributed by atoms with Crippen molar-refractivity contribution in [2.75, 3.05) is 0 Å². The summed E-state index contributed by atoms with van der Waals surface area (Å²) in [5.41, 5.74) is 2.23. The lowest BCUT2D eigenvalue weighted by molar-refractivity contribution is -0.128. The molecule has 1 heterocycles. The number of carbonyl (C=O) groups excluding carboxylic acids is 1. The van der Waals surface area contributed by atoms with Gasteiger partial charge in [0.1, 0.15) is 0 Å². The molecular weight excluding hydrogens is 646 g/mol. The second-order valence-corrected chi connectivity index (χ2v) is 10.5. The summed E-state index contributed by atoms with van der Waals surface area (Å²) in [7, 11) is 0. The molecule has 39 heavy (non-hydrogen) atoms. The first kappa shape index (κ1) is 26.7. The van der Waals surface area contributed by atoms with E-state index in [2.05, 4.69) is 37.0 Å². The molecule has 0 atom stereocenters. The fourth-order valence-electron chi connectivity index (χ4n) is 3.78. The number of hydrogen-bond donors (Lipinski definition) is 0. The van der Waals surface area contributed by atoms with Crippen molar-refractivity contribution in [2.24, 2.45) is 5.10 Å². The van der Waals surface area contributed by atoms with Crippen LogP contribution in [0.2, 0.25) is 5.02 Å². The Hall–Kier alpha value is -3.85. The summed E-state index contributed by atoms with van der Waals surface area (Å²) in [4.78, 5) is 30.9. The number of benzene rings is 4. The van der Waals surface area contributed by atoms with Gasteiger partial charge in [-0.15, -0.1) is 0 Å². The third-order valence-electron chi connectivity index (χ3n) is 5.62. The van der Waals surface area contributed by atoms with Crippen molar-refractivity contribution in [1.29, 1.82) is 0 Å². The first-order valence-corrected chi connectivity index (χ1v) is 13.6. The van der Waals surface area contributed by atoms with Crippen LogP contribution in [0.3, 0.4) is 0 Å². The molecule has 0 radical (unpaired) electrons. The average molecular weight is 664 g/mol. The topological polar surface area (TPSA) is 73.5 Å². The molecule has 0 unspecified atom stereocenters. The number of ether oxygens (including phenoxy) is 1. The molecule has 0 aliphatic rings. The van der Waals surface area contributed by atoms with Crippen LogP contribution in [0, 0.1) is 0 Å². The van der Waals surface area contributed by atoms with Crippen LogP contribution in [0.5, 0.6) is 5.75 Å². The van der Waals surface area contributed by atoms with Crippen LogP contribution in [0.4, 0.5) is 0 Å². The fraction of sp³-hybridized carbons (Fsp3) is 0. The van der Waals surface area contributed by atoms with Gasteiger partial charge in [0.05, 0.1) is 21.6 Å². The van der Waals surface area contributed by atoms with Gasteiger partial charge in [-0.3, -0.25) is 4.79 Å². The highest BCUT2D eigenvalue weighted by molar-refractivity contribution is 9.11. The van der Waals surface area contributed by atoms with Crippen LogP contribution in [0.15, 0.2) is 116 Å². The highest BCUT2D eigenvalue weighted by Crippen LogP contribution is 2.32. The Morgan fingerprint density at radius 2 is 1.67 bits per heavy atom. The van der Waals surface area contributed by atoms with Crippen LogP contribution in [-0.4, -0.2) is 21.8 Å². The summed E-state index contributed by atoms with van der Waals surface area (Å²) in [6.45, 7) is 0. The lowest BCUT2D eigenvalue weighted by Crippen LogP contribution is -2.20. The van der Waals surface area contributed by atoms with Gasteiger partial charge in [0.15, 0.2) is 11.6 Å². The SMILES string of the molecule is O=C(/C=C/c1ccc(Cl)cc1)Oc1c(Br)cc(Br)cc1C=Nn1c(-c2ccccc2)nc2ccccc2c1=O. The van der Waals surface area contributed by atoms with E-state index >= 15 is 0 Å². The molecule has 6 nitrogen and oxygen atoms in total. The van der Waals surface area contributed by atoms with E-state index in [1.165, 1.54) is 17.0 Å². The van der Waals surface area contributed by atoms with Gasteiger partial charge in [-0.05, 0) is 64.0 Å². The number of esters is 1. The molecule has 0 spiro atoms. The van der Waals surface area contributed by atoms with Crippen molar-refractivity contribution in [3.8, 4) is 17.1 Å². The Kier molecular flexibility index (Phi) is 8.16. The molecule has 192 valence electrons. The average Bonchev–Trinajstić information content (AvgIpc) is 2.94. The van der Waals surface area contributed by atoms with Gasteiger partial charge in [-0.1, -0.05) is 82.1 Å². The van der Waals surface area contributed by atoms with Gasteiger partial charge in [-0.25, -0.2) is 9.78 Å². The molecule has 4 aromatic carbocycles. The second-order valence-electron chi connectivity index (χ2n) is 8.29. The van der Waals surface area contributed by atoms with Crippen molar-refractivity contribution in [1.82, 2.24) is 9.66 Å². The van der Waals surface area contributed by atoms with Crippen LogP contribution in [0.25, 0.3) is 28.4 Å². The highest BCUT2D eigenvalue weighted by Gasteiger charge is 2.15. The lowest BCUT2D eigenvalue weighted by atomic mass is 10.2. The van der Waals surface area contributed by atoms with E-state index in [0.717, 1.165) is 15.6 Å². The number of nitrogens with zero attached hydrogens (tertiary/aromatic N) is 3. The van der Waals surface area contributed by atoms with Gasteiger partial charge < -0.3 is 4.74 Å². The number of carbonyl (C=O) groups is 1. The van der Waals surface area contributed by atoms with E-state index in [0.29, 0.717) is 31.8 Å². The third-order valence-corrected chi connectivity index (χ3v) is 6.92. The fourth-order valence-corrected chi connectivity index (χ4v) is 5.25. The molecule has 0 bridgehead atoms. The van der Waals surface area contributed by atoms with Crippen molar-refractivity contribution < 1.29 is 9.53 Å². The summed E-state index contributed by atoms with van der Waals surface area (Å²) < 4.78 is 8.16. The number of aromatic nitrogens is 2. The van der Waals surface area contributed by atoms with Crippen molar-refractivity contribution in [2.45, 2.75) is 0 Å². The molecule has 0 saturated carbocycles. The predicted molar refractivity (Wildman–Crippen MR) is 162 cm³/mol. The molecule has 0 amide bonds. The van der Waals surface area contributed by atoms with Crippen molar-refractivity contribution in [3.63, 3.8) is 0 Å². The van der Waals surface area contributed by atoms with Crippen LogP contribution in [0.1, 0.15) is 11.1 Å². The minimum atomic E-state index is -0.586. The molecule has 1 aromatic heterocycles. The maximum Gasteiger partial charge on any atom is 0.336 e. The van der Waals surface area contributed by atoms with Gasteiger partial charge in [-0.2, -0.15) is 9.78 Å². The maximum atomic E-state index is 13.5.